The van der Waals surface area contributed by atoms with E-state index in [0.717, 1.165) is 33.0 Å². The van der Waals surface area contributed by atoms with Gasteiger partial charge in [-0.05, 0) is 6.07 Å². The van der Waals surface area contributed by atoms with Crippen molar-refractivity contribution in [1.82, 2.24) is 44.6 Å². The summed E-state index contributed by atoms with van der Waals surface area (Å²) in [4.78, 5) is 36.4. The first-order valence-corrected chi connectivity index (χ1v) is 16.4. The zero-order chi connectivity index (χ0) is 32.4. The Balaban J connectivity index is 0.00000348. The molecule has 0 spiro atoms. The van der Waals surface area contributed by atoms with Crippen LogP contribution in [0.15, 0.2) is 104 Å². The number of benzene rings is 4. The molecule has 0 atom stereocenters. The quantitative estimate of drug-likeness (QED) is 0.138. The Kier molecular flexibility index (Phi) is 7.30. The molecule has 0 amide bonds. The molecule has 0 aliphatic carbocycles. The third-order valence-corrected chi connectivity index (χ3v) is 9.06. The summed E-state index contributed by atoms with van der Waals surface area (Å²) in [6.07, 6.45) is 1.43. The number of hydrogen-bond acceptors (Lipinski definition) is 9. The zero-order valence-corrected chi connectivity index (χ0v) is 27.0. The van der Waals surface area contributed by atoms with E-state index >= 15 is 0 Å². The smallest absolute Gasteiger partial charge is 0.370 e. The van der Waals surface area contributed by atoms with Gasteiger partial charge in [0.05, 0.1) is 5.39 Å². The number of rotatable bonds is 5. The molecule has 0 saturated carbocycles. The van der Waals surface area contributed by atoms with Crippen LogP contribution in [-0.4, -0.2) is 54.8 Å². The van der Waals surface area contributed by atoms with Crippen molar-refractivity contribution in [3.05, 3.63) is 104 Å². The Hall–Kier alpha value is -5.79. The third-order valence-electron chi connectivity index (χ3n) is 8.15. The van der Waals surface area contributed by atoms with Crippen LogP contribution in [0.1, 0.15) is 0 Å². The Morgan fingerprint density at radius 3 is 1.53 bits per heavy atom. The van der Waals surface area contributed by atoms with Crippen molar-refractivity contribution in [2.45, 2.75) is 0 Å². The van der Waals surface area contributed by atoms with Gasteiger partial charge in [-0.15, -0.1) is 6.58 Å². The van der Waals surface area contributed by atoms with Crippen LogP contribution >= 0.6 is 0 Å². The summed E-state index contributed by atoms with van der Waals surface area (Å²) in [5, 5.41) is 2.73. The number of nitrogens with zero attached hydrogens (tertiary/aromatic N) is 6. The van der Waals surface area contributed by atoms with Crippen LogP contribution in [0.2, 0.25) is 0 Å². The number of nitrogens with one attached hydrogen (secondary N) is 3. The van der Waals surface area contributed by atoms with Gasteiger partial charge in [-0.2, -0.15) is 13.1 Å². The molecular formula is C35H23CuN9O3S. The number of aromatic nitrogens is 8. The van der Waals surface area contributed by atoms with Crippen molar-refractivity contribution in [2.24, 2.45) is 0 Å². The fourth-order valence-corrected chi connectivity index (χ4v) is 6.79. The van der Waals surface area contributed by atoms with Gasteiger partial charge in [0, 0.05) is 62.0 Å². The Bertz CT molecular complexity index is 2770. The SMILES string of the molecule is C=CCNS(=O)(=O)Oc1cccc2c3nc4nc(nc5[nH]c(nc6nc(nc([nH]3)c12)-c1ccccc1-6)c1ccccc51)-c1ccccc1-4.[Cu]. The molecule has 3 aromatic heterocycles. The van der Waals surface area contributed by atoms with E-state index < -0.39 is 10.3 Å². The van der Waals surface area contributed by atoms with Crippen molar-refractivity contribution in [3.63, 3.8) is 0 Å². The monoisotopic (exact) mass is 712 g/mol. The molecule has 9 rings (SSSR count). The van der Waals surface area contributed by atoms with E-state index in [0.29, 0.717) is 56.7 Å². The third kappa shape index (κ3) is 5.14. The molecule has 14 heteroatoms. The standard InChI is InChI=1S/C35H23N9O3S.Cu/c1-2-18-36-48(45,46)47-26-17-9-16-25-27(26)35-43-33-24-15-8-7-14-23(24)31(41-33)39-29-20-11-4-3-10-19(20)28(37-29)38-30-21-12-5-6-13-22(21)32(40-30)42-34(25)44-35;/h2-17,36H,1,18H2,(H2,37,38,39,40,41,42,43,44);. The van der Waals surface area contributed by atoms with Crippen LogP contribution in [0.4, 0.5) is 0 Å². The maximum absolute atomic E-state index is 12.9. The predicted molar refractivity (Wildman–Crippen MR) is 184 cm³/mol. The normalized spacial score (nSPS) is 11.9. The average molecular weight is 713 g/mol. The van der Waals surface area contributed by atoms with Gasteiger partial charge in [0.1, 0.15) is 22.6 Å². The van der Waals surface area contributed by atoms with E-state index in [4.69, 9.17) is 34.1 Å². The van der Waals surface area contributed by atoms with Crippen LogP contribution in [0.5, 0.6) is 5.75 Å². The molecule has 243 valence electrons. The van der Waals surface area contributed by atoms with Gasteiger partial charge in [-0.1, -0.05) is 91.0 Å². The molecule has 4 aromatic carbocycles. The second kappa shape index (κ2) is 11.7. The summed E-state index contributed by atoms with van der Waals surface area (Å²) in [5.74, 6) is 1.81. The summed E-state index contributed by atoms with van der Waals surface area (Å²) < 4.78 is 33.6. The van der Waals surface area contributed by atoms with E-state index in [1.54, 1.807) is 12.1 Å². The van der Waals surface area contributed by atoms with Gasteiger partial charge in [-0.25, -0.2) is 29.9 Å². The first kappa shape index (κ1) is 30.5. The second-order valence-electron chi connectivity index (χ2n) is 11.1. The van der Waals surface area contributed by atoms with Crippen LogP contribution in [0.3, 0.4) is 0 Å². The largest absolute Gasteiger partial charge is 0.382 e. The first-order chi connectivity index (χ1) is 23.5. The van der Waals surface area contributed by atoms with Crippen LogP contribution in [0, 0.1) is 0 Å². The van der Waals surface area contributed by atoms with E-state index in [-0.39, 0.29) is 29.4 Å². The number of fused-ring (bicyclic) bond motifs is 20. The number of aromatic amines is 2. The van der Waals surface area contributed by atoms with Crippen molar-refractivity contribution < 1.29 is 29.7 Å². The molecule has 7 aromatic rings. The molecule has 3 N–H and O–H groups in total. The minimum atomic E-state index is -4.19. The predicted octanol–water partition coefficient (Wildman–Crippen LogP) is 6.27. The fraction of sp³-hybridized carbons (Fsp3) is 0.0286. The first-order valence-electron chi connectivity index (χ1n) is 15.0. The van der Waals surface area contributed by atoms with Gasteiger partial charge in [0.25, 0.3) is 0 Å². The molecule has 1 radical (unpaired) electrons. The molecule has 0 saturated heterocycles. The van der Waals surface area contributed by atoms with E-state index in [1.807, 2.05) is 78.9 Å². The summed E-state index contributed by atoms with van der Waals surface area (Å²) in [6, 6.07) is 28.4. The summed E-state index contributed by atoms with van der Waals surface area (Å²) >= 11 is 0. The molecule has 8 bridgehead atoms. The van der Waals surface area contributed by atoms with Gasteiger partial charge in [0.15, 0.2) is 29.0 Å². The second-order valence-corrected chi connectivity index (χ2v) is 12.5. The van der Waals surface area contributed by atoms with E-state index in [1.165, 1.54) is 6.08 Å². The minimum Gasteiger partial charge on any atom is -0.370 e. The Labute approximate surface area is 289 Å². The summed E-state index contributed by atoms with van der Waals surface area (Å²) in [5.41, 5.74) is 5.05. The van der Waals surface area contributed by atoms with Gasteiger partial charge in [-0.3, -0.25) is 0 Å². The maximum atomic E-state index is 12.9. The van der Waals surface area contributed by atoms with Crippen molar-refractivity contribution >= 4 is 54.4 Å². The fourth-order valence-electron chi connectivity index (χ4n) is 6.04. The topological polar surface area (TPSA) is 164 Å². The summed E-state index contributed by atoms with van der Waals surface area (Å²) in [7, 11) is -4.19. The molecule has 0 unspecified atom stereocenters. The van der Waals surface area contributed by atoms with E-state index in [9.17, 15) is 8.42 Å². The van der Waals surface area contributed by atoms with Crippen LogP contribution < -0.4 is 8.91 Å². The molecule has 5 heterocycles. The van der Waals surface area contributed by atoms with Gasteiger partial charge < -0.3 is 14.2 Å². The van der Waals surface area contributed by atoms with Crippen molar-refractivity contribution in [3.8, 4) is 51.3 Å². The minimum absolute atomic E-state index is 0. The van der Waals surface area contributed by atoms with Crippen molar-refractivity contribution in [1.29, 1.82) is 0 Å². The van der Waals surface area contributed by atoms with Crippen molar-refractivity contribution in [2.75, 3.05) is 6.54 Å². The van der Waals surface area contributed by atoms with Gasteiger partial charge in [0.2, 0.25) is 0 Å². The average Bonchev–Trinajstić information content (AvgIpc) is 3.83. The summed E-state index contributed by atoms with van der Waals surface area (Å²) in [6.45, 7) is 3.57. The molecule has 2 aliphatic rings. The molecule has 2 aliphatic heterocycles. The molecular weight excluding hydrogens is 690 g/mol. The molecule has 12 nitrogen and oxygen atoms in total. The van der Waals surface area contributed by atoms with Crippen LogP contribution in [0.25, 0.3) is 89.7 Å². The molecule has 49 heavy (non-hydrogen) atoms. The van der Waals surface area contributed by atoms with Crippen LogP contribution in [-0.2, 0) is 27.4 Å². The zero-order valence-electron chi connectivity index (χ0n) is 25.3. The Morgan fingerprint density at radius 1 is 0.592 bits per heavy atom. The van der Waals surface area contributed by atoms with E-state index in [2.05, 4.69) is 21.3 Å². The van der Waals surface area contributed by atoms with Gasteiger partial charge >= 0.3 is 10.3 Å². The number of H-pyrrole nitrogens is 2. The maximum Gasteiger partial charge on any atom is 0.382 e. The number of hydrogen-bond donors (Lipinski definition) is 3. The molecule has 0 fully saturated rings. The Morgan fingerprint density at radius 2 is 1.02 bits per heavy atom.